The van der Waals surface area contributed by atoms with E-state index in [9.17, 15) is 9.18 Å². The first-order chi connectivity index (χ1) is 15.6. The van der Waals surface area contributed by atoms with Crippen molar-refractivity contribution in [3.63, 3.8) is 0 Å². The second kappa shape index (κ2) is 8.26. The highest BCUT2D eigenvalue weighted by Gasteiger charge is 2.27. The molecular formula is C23H21FN6O2. The quantitative estimate of drug-likeness (QED) is 0.488. The van der Waals surface area contributed by atoms with Crippen molar-refractivity contribution in [3.8, 4) is 22.8 Å². The molecule has 0 unspecified atom stereocenters. The van der Waals surface area contributed by atoms with Gasteiger partial charge in [-0.25, -0.2) is 14.1 Å². The molecule has 0 saturated carbocycles. The summed E-state index contributed by atoms with van der Waals surface area (Å²) in [5.74, 6) is 1.25. The lowest BCUT2D eigenvalue weighted by molar-refractivity contribution is 0.0943. The van der Waals surface area contributed by atoms with Crippen LogP contribution >= 0.6 is 0 Å². The van der Waals surface area contributed by atoms with E-state index in [0.29, 0.717) is 17.3 Å². The second-order valence-electron chi connectivity index (χ2n) is 7.53. The van der Waals surface area contributed by atoms with Crippen molar-refractivity contribution in [3.05, 3.63) is 77.1 Å². The van der Waals surface area contributed by atoms with Crippen LogP contribution in [0.3, 0.4) is 0 Å². The molecule has 8 nitrogen and oxygen atoms in total. The smallest absolute Gasteiger partial charge is 0.272 e. The first-order valence-corrected chi connectivity index (χ1v) is 10.3. The van der Waals surface area contributed by atoms with Gasteiger partial charge in [-0.2, -0.15) is 10.2 Å². The molecule has 0 bridgehead atoms. The molecule has 2 aromatic carbocycles. The third-order valence-electron chi connectivity index (χ3n) is 5.51. The standard InChI is InChI=1S/C23H21FN6O2/c1-32-17-11-5-14(6-12-17)22-26-20(27-28-22)13-25-23(31)21-18-3-2-4-19(18)30(29-21)16-9-7-15(24)8-10-16/h5-12H,2-4,13H2,1H3,(H,25,31)(H,26,27,28). The van der Waals surface area contributed by atoms with E-state index in [1.54, 1.807) is 23.9 Å². The Morgan fingerprint density at radius 2 is 1.94 bits per heavy atom. The van der Waals surface area contributed by atoms with Crippen LogP contribution in [0.25, 0.3) is 17.1 Å². The number of hydrogen-bond acceptors (Lipinski definition) is 5. The SMILES string of the molecule is COc1ccc(-c2n[nH]c(CNC(=O)c3nn(-c4ccc(F)cc4)c4c3CCC4)n2)cc1. The highest BCUT2D eigenvalue weighted by atomic mass is 19.1. The minimum Gasteiger partial charge on any atom is -0.497 e. The van der Waals surface area contributed by atoms with E-state index in [1.807, 2.05) is 24.3 Å². The lowest BCUT2D eigenvalue weighted by Gasteiger charge is -2.05. The van der Waals surface area contributed by atoms with Crippen LogP contribution in [0.4, 0.5) is 4.39 Å². The third-order valence-corrected chi connectivity index (χ3v) is 5.51. The molecule has 32 heavy (non-hydrogen) atoms. The van der Waals surface area contributed by atoms with Gasteiger partial charge in [0.2, 0.25) is 0 Å². The molecule has 0 radical (unpaired) electrons. The number of benzene rings is 2. The summed E-state index contributed by atoms with van der Waals surface area (Å²) < 4.78 is 20.2. The maximum absolute atomic E-state index is 13.3. The molecule has 1 amide bonds. The van der Waals surface area contributed by atoms with E-state index < -0.39 is 0 Å². The third kappa shape index (κ3) is 3.73. The number of aromatic amines is 1. The fourth-order valence-electron chi connectivity index (χ4n) is 3.91. The fraction of sp³-hybridized carbons (Fsp3) is 0.217. The molecule has 5 rings (SSSR count). The average molecular weight is 432 g/mol. The van der Waals surface area contributed by atoms with Gasteiger partial charge in [0.25, 0.3) is 5.91 Å². The van der Waals surface area contributed by atoms with Gasteiger partial charge in [0.05, 0.1) is 19.3 Å². The van der Waals surface area contributed by atoms with Crippen molar-refractivity contribution in [2.24, 2.45) is 0 Å². The molecule has 0 fully saturated rings. The zero-order valence-electron chi connectivity index (χ0n) is 17.4. The molecule has 0 aliphatic heterocycles. The maximum Gasteiger partial charge on any atom is 0.272 e. The Hall–Kier alpha value is -4.01. The van der Waals surface area contributed by atoms with Crippen LogP contribution in [0.2, 0.25) is 0 Å². The monoisotopic (exact) mass is 432 g/mol. The molecule has 4 aromatic rings. The Kier molecular flexibility index (Phi) is 5.14. The molecule has 2 N–H and O–H groups in total. The number of aromatic nitrogens is 5. The number of rotatable bonds is 6. The minimum absolute atomic E-state index is 0.195. The predicted molar refractivity (Wildman–Crippen MR) is 115 cm³/mol. The number of methoxy groups -OCH3 is 1. The zero-order valence-corrected chi connectivity index (χ0v) is 17.4. The highest BCUT2D eigenvalue weighted by Crippen LogP contribution is 2.28. The van der Waals surface area contributed by atoms with Crippen LogP contribution in [-0.4, -0.2) is 38.0 Å². The summed E-state index contributed by atoms with van der Waals surface area (Å²) in [6.07, 6.45) is 2.59. The summed E-state index contributed by atoms with van der Waals surface area (Å²) in [7, 11) is 1.61. The molecule has 2 heterocycles. The van der Waals surface area contributed by atoms with Gasteiger partial charge in [0, 0.05) is 16.8 Å². The fourth-order valence-corrected chi connectivity index (χ4v) is 3.91. The molecule has 1 aliphatic rings. The summed E-state index contributed by atoms with van der Waals surface area (Å²) >= 11 is 0. The summed E-state index contributed by atoms with van der Waals surface area (Å²) in [5, 5.41) is 14.5. The Labute approximate surface area is 183 Å². The number of H-pyrrole nitrogens is 1. The van der Waals surface area contributed by atoms with Gasteiger partial charge in [-0.3, -0.25) is 9.89 Å². The number of hydrogen-bond donors (Lipinski definition) is 2. The van der Waals surface area contributed by atoms with Crippen molar-refractivity contribution < 1.29 is 13.9 Å². The van der Waals surface area contributed by atoms with Gasteiger partial charge in [0.1, 0.15) is 17.4 Å². The summed E-state index contributed by atoms with van der Waals surface area (Å²) in [6.45, 7) is 0.195. The van der Waals surface area contributed by atoms with Crippen molar-refractivity contribution in [1.82, 2.24) is 30.3 Å². The van der Waals surface area contributed by atoms with Gasteiger partial charge in [-0.15, -0.1) is 0 Å². The molecule has 9 heteroatoms. The van der Waals surface area contributed by atoms with Gasteiger partial charge in [-0.05, 0) is 67.8 Å². The number of nitrogens with one attached hydrogen (secondary N) is 2. The lowest BCUT2D eigenvalue weighted by atomic mass is 10.2. The molecule has 1 aliphatic carbocycles. The van der Waals surface area contributed by atoms with E-state index in [0.717, 1.165) is 47.5 Å². The van der Waals surface area contributed by atoms with Gasteiger partial charge >= 0.3 is 0 Å². The Morgan fingerprint density at radius 1 is 1.16 bits per heavy atom. The molecule has 0 atom stereocenters. The summed E-state index contributed by atoms with van der Waals surface area (Å²) in [4.78, 5) is 17.4. The first-order valence-electron chi connectivity index (χ1n) is 10.3. The number of halogens is 1. The number of amides is 1. The van der Waals surface area contributed by atoms with Crippen molar-refractivity contribution >= 4 is 5.91 Å². The molecule has 162 valence electrons. The molecule has 2 aromatic heterocycles. The normalized spacial score (nSPS) is 12.6. The molecule has 0 saturated heterocycles. The van der Waals surface area contributed by atoms with Gasteiger partial charge < -0.3 is 10.1 Å². The number of nitrogens with zero attached hydrogens (tertiary/aromatic N) is 4. The minimum atomic E-state index is -0.309. The van der Waals surface area contributed by atoms with Crippen LogP contribution in [0.1, 0.15) is 34.0 Å². The Balaban J connectivity index is 1.31. The average Bonchev–Trinajstić information content (AvgIpc) is 3.55. The highest BCUT2D eigenvalue weighted by molar-refractivity contribution is 5.94. The van der Waals surface area contributed by atoms with Crippen LogP contribution in [0.15, 0.2) is 48.5 Å². The van der Waals surface area contributed by atoms with Crippen molar-refractivity contribution in [2.45, 2.75) is 25.8 Å². The number of ether oxygens (including phenoxy) is 1. The lowest BCUT2D eigenvalue weighted by Crippen LogP contribution is -2.25. The van der Waals surface area contributed by atoms with Gasteiger partial charge in [-0.1, -0.05) is 0 Å². The zero-order chi connectivity index (χ0) is 22.1. The topological polar surface area (TPSA) is 97.7 Å². The Bertz CT molecular complexity index is 1260. The van der Waals surface area contributed by atoms with Crippen LogP contribution in [0.5, 0.6) is 5.75 Å². The van der Waals surface area contributed by atoms with E-state index >= 15 is 0 Å². The predicted octanol–water partition coefficient (Wildman–Crippen LogP) is 3.22. The van der Waals surface area contributed by atoms with E-state index in [4.69, 9.17) is 4.74 Å². The molecular weight excluding hydrogens is 411 g/mol. The number of carbonyl (C=O) groups excluding carboxylic acids is 1. The van der Waals surface area contributed by atoms with Gasteiger partial charge in [0.15, 0.2) is 11.5 Å². The summed E-state index contributed by atoms with van der Waals surface area (Å²) in [6, 6.07) is 13.5. The van der Waals surface area contributed by atoms with Crippen molar-refractivity contribution in [2.75, 3.05) is 7.11 Å². The van der Waals surface area contributed by atoms with E-state index in [2.05, 4.69) is 25.6 Å². The first kappa shape index (κ1) is 19.9. The second-order valence-corrected chi connectivity index (χ2v) is 7.53. The number of carbonyl (C=O) groups is 1. The Morgan fingerprint density at radius 3 is 2.69 bits per heavy atom. The van der Waals surface area contributed by atoms with Crippen molar-refractivity contribution in [1.29, 1.82) is 0 Å². The van der Waals surface area contributed by atoms with Crippen LogP contribution < -0.4 is 10.1 Å². The summed E-state index contributed by atoms with van der Waals surface area (Å²) in [5.41, 5.74) is 3.93. The molecule has 0 spiro atoms. The largest absolute Gasteiger partial charge is 0.497 e. The maximum atomic E-state index is 13.3. The van der Waals surface area contributed by atoms with Crippen LogP contribution in [-0.2, 0) is 19.4 Å². The number of fused-ring (bicyclic) bond motifs is 1. The van der Waals surface area contributed by atoms with Crippen LogP contribution in [0, 0.1) is 5.82 Å². The van der Waals surface area contributed by atoms with E-state index in [-0.39, 0.29) is 18.3 Å². The van der Waals surface area contributed by atoms with E-state index in [1.165, 1.54) is 12.1 Å².